The van der Waals surface area contributed by atoms with Crippen molar-refractivity contribution >= 4 is 37.5 Å². The molecule has 0 aromatic heterocycles. The van der Waals surface area contributed by atoms with Gasteiger partial charge < -0.3 is 4.90 Å². The van der Waals surface area contributed by atoms with Gasteiger partial charge in [-0.05, 0) is 36.2 Å². The Bertz CT molecular complexity index is 958. The van der Waals surface area contributed by atoms with Crippen molar-refractivity contribution in [3.8, 4) is 0 Å². The highest BCUT2D eigenvalue weighted by molar-refractivity contribution is 9.10. The smallest absolute Gasteiger partial charge is 0.243 e. The van der Waals surface area contributed by atoms with Gasteiger partial charge in [0, 0.05) is 37.2 Å². The number of piperazine rings is 1. The maximum Gasteiger partial charge on any atom is 0.243 e. The van der Waals surface area contributed by atoms with Gasteiger partial charge in [0.2, 0.25) is 15.9 Å². The molecule has 156 valence electrons. The molecule has 0 aliphatic carbocycles. The van der Waals surface area contributed by atoms with E-state index in [2.05, 4.69) is 33.0 Å². The second-order valence-electron chi connectivity index (χ2n) is 7.35. The van der Waals surface area contributed by atoms with Crippen LogP contribution in [0.25, 0.3) is 0 Å². The van der Waals surface area contributed by atoms with Gasteiger partial charge in [0.25, 0.3) is 0 Å². The first kappa shape index (κ1) is 21.8. The number of hydrogen-bond donors (Lipinski definition) is 0. The number of aryl methyl sites for hydroxylation is 1. The fourth-order valence-electron chi connectivity index (χ4n) is 3.40. The summed E-state index contributed by atoms with van der Waals surface area (Å²) in [5, 5.41) is 0. The standard InChI is InChI=1S/C21H26BrN3O3S/c1-17-14-19(8-9-20(17)22)25(29(2,27)28)16-21(26)24-12-10-23(11-13-24)15-18-6-4-3-5-7-18/h3-9,14H,10-13,15-16H2,1-2H3. The Morgan fingerprint density at radius 1 is 1.07 bits per heavy atom. The number of halogens is 1. The lowest BCUT2D eigenvalue weighted by molar-refractivity contribution is -0.131. The van der Waals surface area contributed by atoms with Crippen LogP contribution in [0.3, 0.4) is 0 Å². The molecule has 29 heavy (non-hydrogen) atoms. The minimum absolute atomic E-state index is 0.171. The molecule has 2 aromatic rings. The van der Waals surface area contributed by atoms with Crippen LogP contribution >= 0.6 is 15.9 Å². The monoisotopic (exact) mass is 479 g/mol. The maximum absolute atomic E-state index is 12.8. The van der Waals surface area contributed by atoms with Gasteiger partial charge in [-0.3, -0.25) is 14.0 Å². The third-order valence-corrected chi connectivity index (χ3v) is 7.11. The summed E-state index contributed by atoms with van der Waals surface area (Å²) in [7, 11) is -3.57. The number of amides is 1. The molecule has 1 saturated heterocycles. The highest BCUT2D eigenvalue weighted by Gasteiger charge is 2.26. The summed E-state index contributed by atoms with van der Waals surface area (Å²) in [5.74, 6) is -0.171. The molecule has 1 fully saturated rings. The molecule has 8 heteroatoms. The largest absolute Gasteiger partial charge is 0.339 e. The molecule has 3 rings (SSSR count). The summed E-state index contributed by atoms with van der Waals surface area (Å²) >= 11 is 3.42. The van der Waals surface area contributed by atoms with E-state index in [0.29, 0.717) is 18.8 Å². The summed E-state index contributed by atoms with van der Waals surface area (Å²) in [6, 6.07) is 15.5. The van der Waals surface area contributed by atoms with E-state index in [9.17, 15) is 13.2 Å². The second-order valence-corrected chi connectivity index (χ2v) is 10.1. The van der Waals surface area contributed by atoms with Crippen LogP contribution in [0.1, 0.15) is 11.1 Å². The van der Waals surface area contributed by atoms with Crippen LogP contribution < -0.4 is 4.31 Å². The van der Waals surface area contributed by atoms with Gasteiger partial charge in [-0.1, -0.05) is 46.3 Å². The van der Waals surface area contributed by atoms with Crippen LogP contribution in [0.5, 0.6) is 0 Å². The molecule has 0 unspecified atom stereocenters. The summed E-state index contributed by atoms with van der Waals surface area (Å²) < 4.78 is 26.8. The Labute approximate surface area is 181 Å². The molecule has 1 heterocycles. The lowest BCUT2D eigenvalue weighted by Gasteiger charge is -2.36. The lowest BCUT2D eigenvalue weighted by atomic mass is 10.2. The SMILES string of the molecule is Cc1cc(N(CC(=O)N2CCN(Cc3ccccc3)CC2)S(C)(=O)=O)ccc1Br. The van der Waals surface area contributed by atoms with E-state index in [1.54, 1.807) is 23.1 Å². The minimum Gasteiger partial charge on any atom is -0.339 e. The molecule has 1 amide bonds. The molecule has 0 radical (unpaired) electrons. The average Bonchev–Trinajstić information content (AvgIpc) is 2.69. The van der Waals surface area contributed by atoms with Gasteiger partial charge >= 0.3 is 0 Å². The van der Waals surface area contributed by atoms with Crippen LogP contribution in [0.15, 0.2) is 53.0 Å². The van der Waals surface area contributed by atoms with Gasteiger partial charge in [-0.25, -0.2) is 8.42 Å². The van der Waals surface area contributed by atoms with Gasteiger partial charge in [-0.2, -0.15) is 0 Å². The van der Waals surface area contributed by atoms with Crippen molar-refractivity contribution in [1.82, 2.24) is 9.80 Å². The van der Waals surface area contributed by atoms with Gasteiger partial charge in [0.05, 0.1) is 11.9 Å². The molecule has 0 bridgehead atoms. The van der Waals surface area contributed by atoms with E-state index in [1.807, 2.05) is 25.1 Å². The number of anilines is 1. The topological polar surface area (TPSA) is 60.9 Å². The van der Waals surface area contributed by atoms with Crippen molar-refractivity contribution < 1.29 is 13.2 Å². The Morgan fingerprint density at radius 3 is 2.31 bits per heavy atom. The van der Waals surface area contributed by atoms with Crippen molar-refractivity contribution in [3.05, 3.63) is 64.1 Å². The Kier molecular flexibility index (Phi) is 6.97. The molecule has 1 aliphatic heterocycles. The third-order valence-electron chi connectivity index (χ3n) is 5.08. The maximum atomic E-state index is 12.8. The van der Waals surface area contributed by atoms with Crippen molar-refractivity contribution in [2.45, 2.75) is 13.5 Å². The lowest BCUT2D eigenvalue weighted by Crippen LogP contribution is -2.51. The number of benzene rings is 2. The Balaban J connectivity index is 1.62. The highest BCUT2D eigenvalue weighted by Crippen LogP contribution is 2.24. The van der Waals surface area contributed by atoms with Gasteiger partial charge in [-0.15, -0.1) is 0 Å². The van der Waals surface area contributed by atoms with Gasteiger partial charge in [0.15, 0.2) is 0 Å². The van der Waals surface area contributed by atoms with E-state index < -0.39 is 10.0 Å². The summed E-state index contributed by atoms with van der Waals surface area (Å²) in [6.45, 7) is 5.32. The molecule has 0 N–H and O–H groups in total. The summed E-state index contributed by atoms with van der Waals surface area (Å²) in [4.78, 5) is 16.9. The molecule has 0 saturated carbocycles. The quantitative estimate of drug-likeness (QED) is 0.638. The van der Waals surface area contributed by atoms with Crippen molar-refractivity contribution in [2.75, 3.05) is 43.3 Å². The first-order valence-electron chi connectivity index (χ1n) is 9.52. The van der Waals surface area contributed by atoms with Crippen molar-refractivity contribution in [1.29, 1.82) is 0 Å². The number of hydrogen-bond acceptors (Lipinski definition) is 4. The minimum atomic E-state index is -3.57. The van der Waals surface area contributed by atoms with Crippen LogP contribution in [-0.2, 0) is 21.4 Å². The zero-order chi connectivity index (χ0) is 21.0. The fourth-order valence-corrected chi connectivity index (χ4v) is 4.49. The predicted molar refractivity (Wildman–Crippen MR) is 119 cm³/mol. The summed E-state index contributed by atoms with van der Waals surface area (Å²) in [6.07, 6.45) is 1.13. The Hall–Kier alpha value is -1.90. The fraction of sp³-hybridized carbons (Fsp3) is 0.381. The van der Waals surface area contributed by atoms with E-state index in [1.165, 1.54) is 9.87 Å². The number of nitrogens with zero attached hydrogens (tertiary/aromatic N) is 3. The number of carbonyl (C=O) groups is 1. The summed E-state index contributed by atoms with van der Waals surface area (Å²) in [5.41, 5.74) is 2.67. The molecule has 0 atom stereocenters. The zero-order valence-corrected chi connectivity index (χ0v) is 19.1. The molecular weight excluding hydrogens is 454 g/mol. The van der Waals surface area contributed by atoms with Crippen LogP contribution in [0.4, 0.5) is 5.69 Å². The normalized spacial score (nSPS) is 15.3. The number of sulfonamides is 1. The first-order valence-corrected chi connectivity index (χ1v) is 12.2. The van der Waals surface area contributed by atoms with Crippen molar-refractivity contribution in [2.24, 2.45) is 0 Å². The third kappa shape index (κ3) is 5.81. The molecule has 2 aromatic carbocycles. The molecule has 1 aliphatic rings. The average molecular weight is 480 g/mol. The van der Waals surface area contributed by atoms with Gasteiger partial charge in [0.1, 0.15) is 6.54 Å². The molecule has 6 nitrogen and oxygen atoms in total. The van der Waals surface area contributed by atoms with Crippen LogP contribution in [-0.4, -0.2) is 63.1 Å². The van der Waals surface area contributed by atoms with E-state index in [4.69, 9.17) is 0 Å². The molecule has 0 spiro atoms. The molecular formula is C21H26BrN3O3S. The second kappa shape index (κ2) is 9.28. The zero-order valence-electron chi connectivity index (χ0n) is 16.7. The van der Waals surface area contributed by atoms with Crippen LogP contribution in [0, 0.1) is 6.92 Å². The highest BCUT2D eigenvalue weighted by atomic mass is 79.9. The van der Waals surface area contributed by atoms with E-state index in [0.717, 1.165) is 35.9 Å². The number of rotatable bonds is 6. The van der Waals surface area contributed by atoms with E-state index in [-0.39, 0.29) is 12.5 Å². The van der Waals surface area contributed by atoms with Crippen molar-refractivity contribution in [3.63, 3.8) is 0 Å². The van der Waals surface area contributed by atoms with E-state index >= 15 is 0 Å². The van der Waals surface area contributed by atoms with Crippen LogP contribution in [0.2, 0.25) is 0 Å². The first-order chi connectivity index (χ1) is 13.7. The Morgan fingerprint density at radius 2 is 1.72 bits per heavy atom. The predicted octanol–water partition coefficient (Wildman–Crippen LogP) is 2.87. The number of carbonyl (C=O) groups excluding carboxylic acids is 1.